The minimum absolute atomic E-state index is 0.592. The molecule has 0 radical (unpaired) electrons. The van der Waals surface area contributed by atoms with E-state index in [0.717, 1.165) is 17.4 Å². The molecule has 19 heavy (non-hydrogen) atoms. The lowest BCUT2D eigenvalue weighted by Crippen LogP contribution is -2.20. The normalized spacial score (nSPS) is 10.5. The van der Waals surface area contributed by atoms with Crippen LogP contribution in [0.3, 0.4) is 0 Å². The molecule has 0 aliphatic carbocycles. The van der Waals surface area contributed by atoms with Gasteiger partial charge in [-0.2, -0.15) is 0 Å². The van der Waals surface area contributed by atoms with Gasteiger partial charge < -0.3 is 10.6 Å². The van der Waals surface area contributed by atoms with Crippen molar-refractivity contribution in [1.82, 2.24) is 0 Å². The van der Waals surface area contributed by atoms with Crippen molar-refractivity contribution in [3.63, 3.8) is 0 Å². The zero-order valence-corrected chi connectivity index (χ0v) is 12.7. The lowest BCUT2D eigenvalue weighted by atomic mass is 10.1. The second-order valence-electron chi connectivity index (χ2n) is 4.67. The van der Waals surface area contributed by atoms with Crippen LogP contribution in [0.25, 0.3) is 0 Å². The highest BCUT2D eigenvalue weighted by atomic mass is 79.9. The maximum absolute atomic E-state index is 5.68. The Morgan fingerprint density at radius 3 is 2.47 bits per heavy atom. The van der Waals surface area contributed by atoms with Gasteiger partial charge in [0.2, 0.25) is 0 Å². The largest absolute Gasteiger partial charge is 0.374 e. The third-order valence-corrected chi connectivity index (χ3v) is 3.76. The number of nitrogens with two attached hydrogens (primary N) is 1. The van der Waals surface area contributed by atoms with E-state index in [0.29, 0.717) is 6.54 Å². The fourth-order valence-corrected chi connectivity index (χ4v) is 2.26. The van der Waals surface area contributed by atoms with Gasteiger partial charge in [-0.1, -0.05) is 40.2 Å². The van der Waals surface area contributed by atoms with E-state index in [9.17, 15) is 0 Å². The molecule has 0 bridgehead atoms. The molecule has 0 aliphatic rings. The molecular weight excluding hydrogens is 300 g/mol. The van der Waals surface area contributed by atoms with Crippen LogP contribution in [0.1, 0.15) is 11.1 Å². The second-order valence-corrected chi connectivity index (χ2v) is 5.59. The predicted molar refractivity (Wildman–Crippen MR) is 85.4 cm³/mol. The van der Waals surface area contributed by atoms with Crippen LogP contribution in [0.2, 0.25) is 0 Å². The first-order valence-electron chi connectivity index (χ1n) is 6.43. The minimum Gasteiger partial charge on any atom is -0.374 e. The third-order valence-electron chi connectivity index (χ3n) is 3.24. The van der Waals surface area contributed by atoms with Gasteiger partial charge in [0.05, 0.1) is 0 Å². The summed E-state index contributed by atoms with van der Waals surface area (Å²) in [5.41, 5.74) is 9.42. The summed E-state index contributed by atoms with van der Waals surface area (Å²) in [4.78, 5) is 2.27. The zero-order valence-electron chi connectivity index (χ0n) is 11.1. The summed E-state index contributed by atoms with van der Waals surface area (Å²) < 4.78 is 1.13. The SMILES string of the molecule is CN(CCc1ccc(Br)cc1)c1cccc(CN)c1. The van der Waals surface area contributed by atoms with Crippen molar-refractivity contribution in [2.24, 2.45) is 5.73 Å². The molecule has 2 N–H and O–H groups in total. The molecule has 2 rings (SSSR count). The summed E-state index contributed by atoms with van der Waals surface area (Å²) in [6, 6.07) is 16.9. The Bertz CT molecular complexity index is 523. The summed E-state index contributed by atoms with van der Waals surface area (Å²) in [6.07, 6.45) is 1.04. The molecule has 0 fully saturated rings. The Labute approximate surface area is 123 Å². The number of rotatable bonds is 5. The molecule has 2 aromatic rings. The van der Waals surface area contributed by atoms with E-state index < -0.39 is 0 Å². The number of likely N-dealkylation sites (N-methyl/N-ethyl adjacent to an activating group) is 1. The fraction of sp³-hybridized carbons (Fsp3) is 0.250. The van der Waals surface area contributed by atoms with Crippen LogP contribution in [0.15, 0.2) is 53.0 Å². The molecule has 100 valence electrons. The molecule has 2 aromatic carbocycles. The zero-order chi connectivity index (χ0) is 13.7. The van der Waals surface area contributed by atoms with Crippen molar-refractivity contribution in [1.29, 1.82) is 0 Å². The van der Waals surface area contributed by atoms with Crippen LogP contribution in [-0.2, 0) is 13.0 Å². The van der Waals surface area contributed by atoms with E-state index in [2.05, 4.69) is 76.4 Å². The topological polar surface area (TPSA) is 29.3 Å². The molecule has 0 aliphatic heterocycles. The fourth-order valence-electron chi connectivity index (χ4n) is 2.00. The molecule has 0 atom stereocenters. The number of hydrogen-bond acceptors (Lipinski definition) is 2. The lowest BCUT2D eigenvalue weighted by molar-refractivity contribution is 0.874. The molecule has 2 nitrogen and oxygen atoms in total. The van der Waals surface area contributed by atoms with Crippen molar-refractivity contribution >= 4 is 21.6 Å². The molecule has 0 heterocycles. The number of benzene rings is 2. The average Bonchev–Trinajstić information content (AvgIpc) is 2.46. The van der Waals surface area contributed by atoms with Crippen molar-refractivity contribution < 1.29 is 0 Å². The van der Waals surface area contributed by atoms with Crippen LogP contribution in [0.4, 0.5) is 5.69 Å². The second kappa shape index (κ2) is 6.73. The van der Waals surface area contributed by atoms with Gasteiger partial charge in [-0.3, -0.25) is 0 Å². The number of hydrogen-bond donors (Lipinski definition) is 1. The first kappa shape index (κ1) is 14.1. The maximum Gasteiger partial charge on any atom is 0.0366 e. The highest BCUT2D eigenvalue weighted by Crippen LogP contribution is 2.16. The summed E-state index contributed by atoms with van der Waals surface area (Å²) >= 11 is 3.46. The molecule has 0 amide bonds. The van der Waals surface area contributed by atoms with E-state index in [1.165, 1.54) is 16.8 Å². The van der Waals surface area contributed by atoms with Gasteiger partial charge in [0.25, 0.3) is 0 Å². The van der Waals surface area contributed by atoms with Crippen LogP contribution < -0.4 is 10.6 Å². The first-order valence-corrected chi connectivity index (χ1v) is 7.23. The van der Waals surface area contributed by atoms with Gasteiger partial charge in [-0.15, -0.1) is 0 Å². The van der Waals surface area contributed by atoms with Crippen molar-refractivity contribution in [2.75, 3.05) is 18.5 Å². The summed E-state index contributed by atoms with van der Waals surface area (Å²) in [5, 5.41) is 0. The smallest absolute Gasteiger partial charge is 0.0366 e. The third kappa shape index (κ3) is 4.08. The number of halogens is 1. The van der Waals surface area contributed by atoms with Gasteiger partial charge in [-0.25, -0.2) is 0 Å². The van der Waals surface area contributed by atoms with Crippen LogP contribution in [0, 0.1) is 0 Å². The number of nitrogens with zero attached hydrogens (tertiary/aromatic N) is 1. The predicted octanol–water partition coefficient (Wildman–Crippen LogP) is 3.59. The molecule has 3 heteroatoms. The molecule has 0 aromatic heterocycles. The van der Waals surface area contributed by atoms with Crippen LogP contribution in [-0.4, -0.2) is 13.6 Å². The van der Waals surface area contributed by atoms with Crippen molar-refractivity contribution in [3.05, 3.63) is 64.1 Å². The molecule has 0 saturated heterocycles. The highest BCUT2D eigenvalue weighted by Gasteiger charge is 2.02. The monoisotopic (exact) mass is 318 g/mol. The van der Waals surface area contributed by atoms with E-state index >= 15 is 0 Å². The van der Waals surface area contributed by atoms with E-state index in [1.54, 1.807) is 0 Å². The lowest BCUT2D eigenvalue weighted by Gasteiger charge is -2.20. The Hall–Kier alpha value is -1.32. The molecular formula is C16H19BrN2. The van der Waals surface area contributed by atoms with Crippen LogP contribution >= 0.6 is 15.9 Å². The van der Waals surface area contributed by atoms with Crippen molar-refractivity contribution in [2.45, 2.75) is 13.0 Å². The quantitative estimate of drug-likeness (QED) is 0.912. The summed E-state index contributed by atoms with van der Waals surface area (Å²) in [6.45, 7) is 1.59. The average molecular weight is 319 g/mol. The van der Waals surface area contributed by atoms with Gasteiger partial charge >= 0.3 is 0 Å². The van der Waals surface area contributed by atoms with Gasteiger partial charge in [0, 0.05) is 30.3 Å². The Morgan fingerprint density at radius 2 is 1.79 bits per heavy atom. The van der Waals surface area contributed by atoms with Gasteiger partial charge in [0.1, 0.15) is 0 Å². The van der Waals surface area contributed by atoms with Crippen LogP contribution in [0.5, 0.6) is 0 Å². The molecule has 0 spiro atoms. The highest BCUT2D eigenvalue weighted by molar-refractivity contribution is 9.10. The van der Waals surface area contributed by atoms with E-state index in [4.69, 9.17) is 5.73 Å². The Balaban J connectivity index is 1.96. The van der Waals surface area contributed by atoms with E-state index in [1.807, 2.05) is 0 Å². The number of anilines is 1. The van der Waals surface area contributed by atoms with Gasteiger partial charge in [0.15, 0.2) is 0 Å². The first-order chi connectivity index (χ1) is 9.19. The summed E-state index contributed by atoms with van der Waals surface area (Å²) in [5.74, 6) is 0. The minimum atomic E-state index is 0.592. The Morgan fingerprint density at radius 1 is 1.05 bits per heavy atom. The standard InChI is InChI=1S/C16H19BrN2/c1-19(16-4-2-3-14(11-16)12-18)10-9-13-5-7-15(17)8-6-13/h2-8,11H,9-10,12,18H2,1H3. The Kier molecular flexibility index (Phi) is 5.00. The van der Waals surface area contributed by atoms with Gasteiger partial charge in [-0.05, 0) is 41.8 Å². The molecule has 0 saturated carbocycles. The van der Waals surface area contributed by atoms with Crippen molar-refractivity contribution in [3.8, 4) is 0 Å². The van der Waals surface area contributed by atoms with E-state index in [-0.39, 0.29) is 0 Å². The maximum atomic E-state index is 5.68. The molecule has 0 unspecified atom stereocenters. The summed E-state index contributed by atoms with van der Waals surface area (Å²) in [7, 11) is 2.12.